The second-order valence-electron chi connectivity index (χ2n) is 4.94. The van der Waals surface area contributed by atoms with Gasteiger partial charge in [0.2, 0.25) is 0 Å². The van der Waals surface area contributed by atoms with Crippen LogP contribution in [0.2, 0.25) is 0 Å². The standard InChI is InChI=1S/C16H18O2S/c1-13-8-10-15(11-9-13)19(18)12-16(2,17)14-6-4-3-5-7-14/h3-11,17H,12H2,1-2H3/t16-,19?/m1/s1. The molecule has 0 aromatic heterocycles. The van der Waals surface area contributed by atoms with Gasteiger partial charge in [0.15, 0.2) is 0 Å². The van der Waals surface area contributed by atoms with Gasteiger partial charge in [-0.15, -0.1) is 0 Å². The molecule has 2 atom stereocenters. The van der Waals surface area contributed by atoms with Crippen LogP contribution in [0.3, 0.4) is 0 Å². The fraction of sp³-hybridized carbons (Fsp3) is 0.250. The van der Waals surface area contributed by atoms with Gasteiger partial charge in [-0.05, 0) is 31.5 Å². The molecule has 0 bridgehead atoms. The summed E-state index contributed by atoms with van der Waals surface area (Å²) in [4.78, 5) is 0.752. The van der Waals surface area contributed by atoms with Crippen LogP contribution >= 0.6 is 0 Å². The van der Waals surface area contributed by atoms with E-state index in [0.717, 1.165) is 16.0 Å². The summed E-state index contributed by atoms with van der Waals surface area (Å²) >= 11 is 0. The number of hydrogen-bond donors (Lipinski definition) is 1. The summed E-state index contributed by atoms with van der Waals surface area (Å²) in [5.41, 5.74) is 0.836. The van der Waals surface area contributed by atoms with Gasteiger partial charge in [-0.2, -0.15) is 0 Å². The summed E-state index contributed by atoms with van der Waals surface area (Å²) in [5.74, 6) is 0.195. The third-order valence-electron chi connectivity index (χ3n) is 3.09. The molecule has 2 aromatic carbocycles. The zero-order valence-electron chi connectivity index (χ0n) is 11.2. The minimum atomic E-state index is -1.21. The lowest BCUT2D eigenvalue weighted by atomic mass is 9.99. The second-order valence-corrected chi connectivity index (χ2v) is 6.39. The molecular weight excluding hydrogens is 256 g/mol. The first-order valence-electron chi connectivity index (χ1n) is 6.22. The van der Waals surface area contributed by atoms with Gasteiger partial charge in [-0.1, -0.05) is 48.0 Å². The molecule has 0 radical (unpaired) electrons. The fourth-order valence-corrected chi connectivity index (χ4v) is 3.19. The van der Waals surface area contributed by atoms with E-state index in [2.05, 4.69) is 0 Å². The van der Waals surface area contributed by atoms with Crippen LogP contribution in [0.15, 0.2) is 59.5 Å². The van der Waals surface area contributed by atoms with Crippen LogP contribution in [0.4, 0.5) is 0 Å². The minimum Gasteiger partial charge on any atom is -0.384 e. The Labute approximate surface area is 116 Å². The van der Waals surface area contributed by atoms with Crippen LogP contribution in [0, 0.1) is 6.92 Å². The van der Waals surface area contributed by atoms with E-state index < -0.39 is 16.4 Å². The number of hydrogen-bond acceptors (Lipinski definition) is 2. The van der Waals surface area contributed by atoms with Gasteiger partial charge in [0.1, 0.15) is 0 Å². The van der Waals surface area contributed by atoms with E-state index in [1.54, 1.807) is 6.92 Å². The lowest BCUT2D eigenvalue weighted by molar-refractivity contribution is 0.0829. The van der Waals surface area contributed by atoms with Gasteiger partial charge in [0.05, 0.1) is 22.2 Å². The van der Waals surface area contributed by atoms with Gasteiger partial charge >= 0.3 is 0 Å². The van der Waals surface area contributed by atoms with Crippen molar-refractivity contribution in [3.8, 4) is 0 Å². The largest absolute Gasteiger partial charge is 0.384 e. The molecule has 19 heavy (non-hydrogen) atoms. The van der Waals surface area contributed by atoms with E-state index in [1.807, 2.05) is 61.5 Å². The Balaban J connectivity index is 2.16. The van der Waals surface area contributed by atoms with Crippen molar-refractivity contribution in [3.05, 3.63) is 65.7 Å². The van der Waals surface area contributed by atoms with Gasteiger partial charge in [0.25, 0.3) is 0 Å². The summed E-state index contributed by atoms with van der Waals surface area (Å²) in [7, 11) is -1.21. The van der Waals surface area contributed by atoms with E-state index in [9.17, 15) is 9.32 Å². The summed E-state index contributed by atoms with van der Waals surface area (Å²) < 4.78 is 12.3. The van der Waals surface area contributed by atoms with E-state index in [4.69, 9.17) is 0 Å². The molecule has 2 aromatic rings. The molecule has 0 aliphatic rings. The van der Waals surface area contributed by atoms with Crippen molar-refractivity contribution in [2.24, 2.45) is 0 Å². The van der Waals surface area contributed by atoms with Crippen LogP contribution in [0.5, 0.6) is 0 Å². The van der Waals surface area contributed by atoms with Gasteiger partial charge < -0.3 is 5.11 Å². The van der Waals surface area contributed by atoms with Crippen molar-refractivity contribution in [3.63, 3.8) is 0 Å². The monoisotopic (exact) mass is 274 g/mol. The molecule has 0 aliphatic heterocycles. The topological polar surface area (TPSA) is 37.3 Å². The third kappa shape index (κ3) is 3.52. The highest BCUT2D eigenvalue weighted by atomic mass is 32.2. The molecule has 0 saturated carbocycles. The maximum absolute atomic E-state index is 12.3. The lowest BCUT2D eigenvalue weighted by Crippen LogP contribution is -2.28. The number of aryl methyl sites for hydroxylation is 1. The Morgan fingerprint density at radius 1 is 1.05 bits per heavy atom. The van der Waals surface area contributed by atoms with Crippen molar-refractivity contribution in [2.45, 2.75) is 24.3 Å². The summed E-state index contributed by atoms with van der Waals surface area (Å²) in [6.45, 7) is 3.70. The van der Waals surface area contributed by atoms with Crippen molar-refractivity contribution in [2.75, 3.05) is 5.75 Å². The quantitative estimate of drug-likeness (QED) is 0.930. The normalized spacial score (nSPS) is 15.7. The molecule has 100 valence electrons. The van der Waals surface area contributed by atoms with E-state index in [0.29, 0.717) is 0 Å². The SMILES string of the molecule is Cc1ccc(S(=O)C[C@@](C)(O)c2ccccc2)cc1. The van der Waals surface area contributed by atoms with E-state index in [-0.39, 0.29) is 5.75 Å². The molecule has 0 fully saturated rings. The van der Waals surface area contributed by atoms with E-state index >= 15 is 0 Å². The molecule has 2 rings (SSSR count). The third-order valence-corrected chi connectivity index (χ3v) is 4.71. The molecule has 1 N–H and O–H groups in total. The maximum Gasteiger partial charge on any atom is 0.0986 e. The molecule has 3 heteroatoms. The lowest BCUT2D eigenvalue weighted by Gasteiger charge is -2.23. The van der Waals surface area contributed by atoms with Crippen molar-refractivity contribution >= 4 is 10.8 Å². The summed E-state index contributed by atoms with van der Waals surface area (Å²) in [6, 6.07) is 16.9. The highest BCUT2D eigenvalue weighted by Gasteiger charge is 2.26. The first-order chi connectivity index (χ1) is 8.99. The Hall–Kier alpha value is -1.45. The molecule has 0 saturated heterocycles. The van der Waals surface area contributed by atoms with E-state index in [1.165, 1.54) is 0 Å². The summed E-state index contributed by atoms with van der Waals surface area (Å²) in [6.07, 6.45) is 0. The predicted molar refractivity (Wildman–Crippen MR) is 78.5 cm³/mol. The van der Waals surface area contributed by atoms with Crippen molar-refractivity contribution < 1.29 is 9.32 Å². The number of benzene rings is 2. The van der Waals surface area contributed by atoms with Crippen LogP contribution in [0.25, 0.3) is 0 Å². The Bertz CT molecular complexity index is 559. The van der Waals surface area contributed by atoms with Gasteiger partial charge in [-0.3, -0.25) is 4.21 Å². The smallest absolute Gasteiger partial charge is 0.0986 e. The fourth-order valence-electron chi connectivity index (χ4n) is 1.91. The Kier molecular flexibility index (Phi) is 4.17. The molecule has 1 unspecified atom stereocenters. The van der Waals surface area contributed by atoms with Crippen molar-refractivity contribution in [1.29, 1.82) is 0 Å². The average Bonchev–Trinajstić information content (AvgIpc) is 2.40. The molecule has 0 aliphatic carbocycles. The van der Waals surface area contributed by atoms with Crippen molar-refractivity contribution in [1.82, 2.24) is 0 Å². The van der Waals surface area contributed by atoms with Crippen LogP contribution < -0.4 is 0 Å². The van der Waals surface area contributed by atoms with Gasteiger partial charge in [0, 0.05) is 4.90 Å². The average molecular weight is 274 g/mol. The molecule has 2 nitrogen and oxygen atoms in total. The highest BCUT2D eigenvalue weighted by molar-refractivity contribution is 7.85. The molecule has 0 amide bonds. The summed E-state index contributed by atoms with van der Waals surface area (Å²) in [5, 5.41) is 10.5. The first kappa shape index (κ1) is 14.0. The Morgan fingerprint density at radius 2 is 1.63 bits per heavy atom. The second kappa shape index (κ2) is 5.68. The first-order valence-corrected chi connectivity index (χ1v) is 7.54. The van der Waals surface area contributed by atoms with Crippen LogP contribution in [0.1, 0.15) is 18.1 Å². The number of aliphatic hydroxyl groups is 1. The predicted octanol–water partition coefficient (Wildman–Crippen LogP) is 3.01. The number of rotatable bonds is 4. The minimum absolute atomic E-state index is 0.195. The molecular formula is C16H18O2S. The molecule has 0 spiro atoms. The van der Waals surface area contributed by atoms with Crippen LogP contribution in [-0.2, 0) is 16.4 Å². The van der Waals surface area contributed by atoms with Gasteiger partial charge in [-0.25, -0.2) is 0 Å². The Morgan fingerprint density at radius 3 is 2.21 bits per heavy atom. The zero-order chi connectivity index (χ0) is 13.9. The maximum atomic E-state index is 12.3. The highest BCUT2D eigenvalue weighted by Crippen LogP contribution is 2.23. The molecule has 0 heterocycles. The zero-order valence-corrected chi connectivity index (χ0v) is 12.0. The van der Waals surface area contributed by atoms with Crippen LogP contribution in [-0.4, -0.2) is 15.1 Å².